The van der Waals surface area contributed by atoms with Crippen molar-refractivity contribution in [1.82, 2.24) is 10.3 Å². The Bertz CT molecular complexity index is 708. The number of hydrogen-bond acceptors (Lipinski definition) is 4. The molecule has 106 valence electrons. The van der Waals surface area contributed by atoms with Crippen molar-refractivity contribution in [2.45, 2.75) is 24.8 Å². The van der Waals surface area contributed by atoms with Crippen LogP contribution in [-0.4, -0.2) is 23.0 Å². The van der Waals surface area contributed by atoms with E-state index in [2.05, 4.69) is 45.6 Å². The van der Waals surface area contributed by atoms with Gasteiger partial charge in [-0.25, -0.2) is 0 Å². The van der Waals surface area contributed by atoms with Crippen LogP contribution in [0.3, 0.4) is 0 Å². The van der Waals surface area contributed by atoms with E-state index < -0.39 is 0 Å². The molecule has 4 heteroatoms. The van der Waals surface area contributed by atoms with E-state index in [1.165, 1.54) is 22.3 Å². The Hall–Kier alpha value is -2.36. The van der Waals surface area contributed by atoms with E-state index in [0.29, 0.717) is 5.96 Å². The molecule has 2 aliphatic rings. The molecule has 1 aromatic heterocycles. The van der Waals surface area contributed by atoms with Crippen LogP contribution in [0, 0.1) is 0 Å². The molecular weight excluding hydrogens is 260 g/mol. The lowest BCUT2D eigenvalue weighted by molar-refractivity contribution is 0.362. The molecule has 2 aromatic rings. The zero-order chi connectivity index (χ0) is 14.3. The van der Waals surface area contributed by atoms with Crippen LogP contribution < -0.4 is 11.1 Å². The largest absolute Gasteiger partial charge is 0.370 e. The molecule has 1 aliphatic carbocycles. The van der Waals surface area contributed by atoms with E-state index in [1.54, 1.807) is 0 Å². The van der Waals surface area contributed by atoms with Crippen LogP contribution in [0.4, 0.5) is 0 Å². The van der Waals surface area contributed by atoms with Crippen LogP contribution in [0.25, 0.3) is 11.1 Å². The highest BCUT2D eigenvalue weighted by molar-refractivity contribution is 5.81. The summed E-state index contributed by atoms with van der Waals surface area (Å²) in [5.41, 5.74) is 11.3. The van der Waals surface area contributed by atoms with Gasteiger partial charge in [0.2, 0.25) is 0 Å². The predicted octanol–water partition coefficient (Wildman–Crippen LogP) is 1.89. The molecule has 3 N–H and O–H groups in total. The third-order valence-corrected chi connectivity index (χ3v) is 4.59. The maximum atomic E-state index is 5.81. The van der Waals surface area contributed by atoms with Crippen molar-refractivity contribution in [2.24, 2.45) is 10.7 Å². The normalized spacial score (nSPS) is 23.5. The maximum Gasteiger partial charge on any atom is 0.189 e. The molecule has 0 saturated carbocycles. The average Bonchev–Trinajstić information content (AvgIpc) is 2.88. The molecule has 0 unspecified atom stereocenters. The summed E-state index contributed by atoms with van der Waals surface area (Å²) < 4.78 is 0. The van der Waals surface area contributed by atoms with Gasteiger partial charge in [0, 0.05) is 12.4 Å². The lowest BCUT2D eigenvalue weighted by Gasteiger charge is -2.35. The Kier molecular flexibility index (Phi) is 2.70. The minimum atomic E-state index is 0.0357. The highest BCUT2D eigenvalue weighted by Gasteiger charge is 2.38. The van der Waals surface area contributed by atoms with E-state index in [0.717, 1.165) is 25.8 Å². The lowest BCUT2D eigenvalue weighted by atomic mass is 9.76. The summed E-state index contributed by atoms with van der Waals surface area (Å²) in [6.07, 6.45) is 6.83. The molecule has 0 saturated heterocycles. The fraction of sp³-hybridized carbons (Fsp3) is 0.294. The van der Waals surface area contributed by atoms with Gasteiger partial charge < -0.3 is 11.1 Å². The van der Waals surface area contributed by atoms with E-state index in [9.17, 15) is 0 Å². The number of pyridine rings is 1. The number of fused-ring (bicyclic) bond motifs is 1. The number of nitrogens with zero attached hydrogens (tertiary/aromatic N) is 2. The van der Waals surface area contributed by atoms with Crippen LogP contribution in [-0.2, 0) is 12.8 Å². The molecular formula is C17H18N4. The number of nitrogens with one attached hydrogen (secondary N) is 1. The summed E-state index contributed by atoms with van der Waals surface area (Å²) in [6.45, 7) is 0.789. The lowest BCUT2D eigenvalue weighted by Crippen LogP contribution is -2.51. The minimum absolute atomic E-state index is 0.0357. The number of benzene rings is 1. The first-order valence-electron chi connectivity index (χ1n) is 7.35. The van der Waals surface area contributed by atoms with Crippen molar-refractivity contribution in [3.05, 3.63) is 53.9 Å². The van der Waals surface area contributed by atoms with Gasteiger partial charge in [-0.2, -0.15) is 0 Å². The van der Waals surface area contributed by atoms with Gasteiger partial charge in [-0.1, -0.05) is 18.2 Å². The number of hydrogen-bond donors (Lipinski definition) is 2. The zero-order valence-corrected chi connectivity index (χ0v) is 11.8. The van der Waals surface area contributed by atoms with Gasteiger partial charge in [0.1, 0.15) is 0 Å². The molecule has 2 heterocycles. The van der Waals surface area contributed by atoms with Crippen molar-refractivity contribution in [1.29, 1.82) is 0 Å². The first-order valence-corrected chi connectivity index (χ1v) is 7.35. The smallest absolute Gasteiger partial charge is 0.189 e. The van der Waals surface area contributed by atoms with E-state index in [1.807, 2.05) is 12.4 Å². The Labute approximate surface area is 124 Å². The number of aromatic nitrogens is 1. The quantitative estimate of drug-likeness (QED) is 0.837. The number of nitrogens with two attached hydrogens (primary N) is 1. The van der Waals surface area contributed by atoms with Gasteiger partial charge in [-0.15, -0.1) is 0 Å². The van der Waals surface area contributed by atoms with E-state index in [-0.39, 0.29) is 5.54 Å². The molecule has 21 heavy (non-hydrogen) atoms. The second kappa shape index (κ2) is 4.58. The second-order valence-electron chi connectivity index (χ2n) is 5.96. The summed E-state index contributed by atoms with van der Waals surface area (Å²) in [5.74, 6) is 0.587. The number of rotatable bonds is 1. The summed E-state index contributed by atoms with van der Waals surface area (Å²) >= 11 is 0. The van der Waals surface area contributed by atoms with Crippen LogP contribution in [0.15, 0.2) is 47.7 Å². The molecule has 0 bridgehead atoms. The molecule has 0 amide bonds. The summed E-state index contributed by atoms with van der Waals surface area (Å²) in [6, 6.07) is 10.7. The summed E-state index contributed by atoms with van der Waals surface area (Å²) in [7, 11) is 0. The maximum absolute atomic E-state index is 5.81. The fourth-order valence-electron chi connectivity index (χ4n) is 3.54. The first-order chi connectivity index (χ1) is 10.3. The molecule has 4 nitrogen and oxygen atoms in total. The molecule has 1 aromatic carbocycles. The number of guanidine groups is 1. The Morgan fingerprint density at radius 2 is 2.00 bits per heavy atom. The molecule has 1 spiro atoms. The highest BCUT2D eigenvalue weighted by atomic mass is 15.2. The van der Waals surface area contributed by atoms with Crippen molar-refractivity contribution in [3.8, 4) is 11.1 Å². The van der Waals surface area contributed by atoms with Crippen LogP contribution in [0.2, 0.25) is 0 Å². The monoisotopic (exact) mass is 278 g/mol. The third-order valence-electron chi connectivity index (χ3n) is 4.59. The van der Waals surface area contributed by atoms with Crippen molar-refractivity contribution in [2.75, 3.05) is 6.54 Å². The number of aliphatic imine (C=N–C) groups is 1. The van der Waals surface area contributed by atoms with Gasteiger partial charge in [-0.05, 0) is 53.6 Å². The predicted molar refractivity (Wildman–Crippen MR) is 84.1 cm³/mol. The minimum Gasteiger partial charge on any atom is -0.370 e. The Morgan fingerprint density at radius 3 is 2.76 bits per heavy atom. The van der Waals surface area contributed by atoms with Gasteiger partial charge in [0.25, 0.3) is 0 Å². The Balaban J connectivity index is 1.72. The fourth-order valence-corrected chi connectivity index (χ4v) is 3.54. The highest BCUT2D eigenvalue weighted by Crippen LogP contribution is 2.36. The van der Waals surface area contributed by atoms with E-state index >= 15 is 0 Å². The zero-order valence-electron chi connectivity index (χ0n) is 11.8. The van der Waals surface area contributed by atoms with E-state index in [4.69, 9.17) is 5.73 Å². The SMILES string of the molecule is NC1=NC[C@@]2(CCc3c(cccc3-c3ccncc3)C2)N1. The van der Waals surface area contributed by atoms with Crippen LogP contribution in [0.1, 0.15) is 17.5 Å². The van der Waals surface area contributed by atoms with Gasteiger partial charge in [-0.3, -0.25) is 9.98 Å². The van der Waals surface area contributed by atoms with Gasteiger partial charge >= 0.3 is 0 Å². The first kappa shape index (κ1) is 12.4. The van der Waals surface area contributed by atoms with Crippen molar-refractivity contribution < 1.29 is 0 Å². The molecule has 0 fully saturated rings. The van der Waals surface area contributed by atoms with Gasteiger partial charge in [0.15, 0.2) is 5.96 Å². The molecule has 0 radical (unpaired) electrons. The van der Waals surface area contributed by atoms with Crippen LogP contribution in [0.5, 0.6) is 0 Å². The van der Waals surface area contributed by atoms with Crippen molar-refractivity contribution >= 4 is 5.96 Å². The Morgan fingerprint density at radius 1 is 1.14 bits per heavy atom. The molecule has 1 atom stereocenters. The second-order valence-corrected chi connectivity index (χ2v) is 5.96. The summed E-state index contributed by atoms with van der Waals surface area (Å²) in [5, 5.41) is 3.39. The topological polar surface area (TPSA) is 63.3 Å². The van der Waals surface area contributed by atoms with Crippen molar-refractivity contribution in [3.63, 3.8) is 0 Å². The summed E-state index contributed by atoms with van der Waals surface area (Å²) in [4.78, 5) is 8.45. The molecule has 1 aliphatic heterocycles. The van der Waals surface area contributed by atoms with Gasteiger partial charge in [0.05, 0.1) is 12.1 Å². The van der Waals surface area contributed by atoms with Crippen LogP contribution >= 0.6 is 0 Å². The third kappa shape index (κ3) is 2.07. The average molecular weight is 278 g/mol. The molecule has 4 rings (SSSR count). The standard InChI is InChI=1S/C17H18N4/c18-16-20-11-17(21-16)7-4-15-13(10-17)2-1-3-14(15)12-5-8-19-9-6-12/h1-3,5-6,8-9H,4,7,10-11H2,(H3,18,20,21)/t17-/m0/s1.